The number of anilines is 1. The van der Waals surface area contributed by atoms with Gasteiger partial charge >= 0.3 is 0 Å². The van der Waals surface area contributed by atoms with Crippen LogP contribution in [0.3, 0.4) is 0 Å². The molecule has 0 unspecified atom stereocenters. The molecule has 5 atom stereocenters. The Bertz CT molecular complexity index is 1740. The number of halogens is 1. The topological polar surface area (TPSA) is 109 Å². The molecule has 6 rings (SSSR count). The van der Waals surface area contributed by atoms with Crippen LogP contribution in [0.25, 0.3) is 0 Å². The number of hydrogen-bond donors (Lipinski definition) is 2. The fourth-order valence-corrected chi connectivity index (χ4v) is 9.07. The van der Waals surface area contributed by atoms with Crippen molar-refractivity contribution >= 4 is 44.6 Å². The van der Waals surface area contributed by atoms with Crippen LogP contribution in [-0.4, -0.2) is 42.8 Å². The highest BCUT2D eigenvalue weighted by Gasteiger charge is 2.48. The molecule has 3 aliphatic rings. The van der Waals surface area contributed by atoms with Gasteiger partial charge in [-0.1, -0.05) is 36.7 Å². The molecule has 1 aliphatic carbocycles. The standard InChI is InChI=1S/C35H42ClN3O5S2/c1-22-7-6-15-35(41,33-21-45-24(3)37-33)30-13-10-27(30)19-39-16-5-4-8-25-17-29(36)12-9-28(25)20-44-32-14-11-26(18-31(32)39)34(40)38-46(42,43)23(22)2/h6,9,11-12,14-15,17-18,21-23,27,30,41H,4-5,7-8,10,13,16,19-20H2,1-3H3,(H,38,40)/b15-6+/t22-,23+,27-,30+,35-/m0/s1. The number of hydrogen-bond acceptors (Lipinski definition) is 8. The number of rotatable bonds is 1. The summed E-state index contributed by atoms with van der Waals surface area (Å²) in [6, 6.07) is 11.0. The molecule has 0 spiro atoms. The molecule has 1 fully saturated rings. The number of thiazole rings is 1. The predicted octanol–water partition coefficient (Wildman–Crippen LogP) is 6.78. The third-order valence-corrected chi connectivity index (χ3v) is 13.0. The van der Waals surface area contributed by atoms with E-state index in [1.807, 2.05) is 49.6 Å². The fraction of sp³-hybridized carbons (Fsp3) is 0.486. The Morgan fingerprint density at radius 1 is 1.13 bits per heavy atom. The second kappa shape index (κ2) is 13.3. The van der Waals surface area contributed by atoms with Crippen LogP contribution in [0.5, 0.6) is 5.75 Å². The maximum absolute atomic E-state index is 13.4. The number of aromatic nitrogens is 1. The Morgan fingerprint density at radius 3 is 2.70 bits per heavy atom. The highest BCUT2D eigenvalue weighted by atomic mass is 35.5. The van der Waals surface area contributed by atoms with Crippen LogP contribution < -0.4 is 14.4 Å². The van der Waals surface area contributed by atoms with Crippen molar-refractivity contribution in [3.8, 4) is 5.75 Å². The van der Waals surface area contributed by atoms with Gasteiger partial charge in [-0.2, -0.15) is 0 Å². The lowest BCUT2D eigenvalue weighted by Crippen LogP contribution is -2.48. The highest BCUT2D eigenvalue weighted by Crippen LogP contribution is 2.49. The quantitative estimate of drug-likeness (QED) is 0.272. The van der Waals surface area contributed by atoms with E-state index in [1.165, 1.54) is 11.3 Å². The molecule has 1 amide bonds. The summed E-state index contributed by atoms with van der Waals surface area (Å²) in [5, 5.41) is 15.1. The summed E-state index contributed by atoms with van der Waals surface area (Å²) in [6.45, 7) is 7.09. The monoisotopic (exact) mass is 683 g/mol. The van der Waals surface area contributed by atoms with Crippen molar-refractivity contribution in [2.45, 2.75) is 76.8 Å². The van der Waals surface area contributed by atoms with Gasteiger partial charge in [0.05, 0.1) is 21.6 Å². The largest absolute Gasteiger partial charge is 0.487 e. The third kappa shape index (κ3) is 6.72. The van der Waals surface area contributed by atoms with Gasteiger partial charge in [-0.05, 0) is 106 Å². The van der Waals surface area contributed by atoms with E-state index >= 15 is 0 Å². The van der Waals surface area contributed by atoms with E-state index in [-0.39, 0.29) is 23.3 Å². The second-order valence-corrected chi connectivity index (χ2v) is 16.6. The van der Waals surface area contributed by atoms with Crippen molar-refractivity contribution in [2.75, 3.05) is 18.0 Å². The van der Waals surface area contributed by atoms with Gasteiger partial charge in [-0.3, -0.25) is 4.79 Å². The van der Waals surface area contributed by atoms with Crippen molar-refractivity contribution < 1.29 is 23.1 Å². The lowest BCUT2D eigenvalue weighted by atomic mass is 9.63. The normalized spacial score (nSPS) is 29.2. The Balaban J connectivity index is 1.43. The first-order valence-electron chi connectivity index (χ1n) is 16.1. The van der Waals surface area contributed by atoms with Crippen LogP contribution in [0.1, 0.15) is 78.1 Å². The molecule has 2 aliphatic heterocycles. The van der Waals surface area contributed by atoms with Gasteiger partial charge in [0.15, 0.2) is 0 Å². The Kier molecular flexibility index (Phi) is 9.54. The van der Waals surface area contributed by atoms with Gasteiger partial charge in [0.2, 0.25) is 10.0 Å². The number of carbonyl (C=O) groups excluding carboxylic acids is 1. The predicted molar refractivity (Wildman–Crippen MR) is 183 cm³/mol. The lowest BCUT2D eigenvalue weighted by Gasteiger charge is -2.47. The van der Waals surface area contributed by atoms with E-state index in [9.17, 15) is 18.3 Å². The Hall–Kier alpha value is -2.92. The molecule has 8 nitrogen and oxygen atoms in total. The van der Waals surface area contributed by atoms with Crippen molar-refractivity contribution in [1.29, 1.82) is 0 Å². The first kappa shape index (κ1) is 33.0. The fourth-order valence-electron chi connectivity index (χ4n) is 6.92. The molecule has 0 saturated heterocycles. The molecule has 2 bridgehead atoms. The number of ether oxygens (including phenoxy) is 1. The number of nitrogens with one attached hydrogen (secondary N) is 1. The van der Waals surface area contributed by atoms with Crippen LogP contribution in [0.2, 0.25) is 5.02 Å². The van der Waals surface area contributed by atoms with Gasteiger partial charge in [-0.25, -0.2) is 18.1 Å². The van der Waals surface area contributed by atoms with Gasteiger partial charge < -0.3 is 14.7 Å². The smallest absolute Gasteiger partial charge is 0.264 e. The zero-order chi connectivity index (χ0) is 32.6. The number of aryl methyl sites for hydroxylation is 2. The summed E-state index contributed by atoms with van der Waals surface area (Å²) < 4.78 is 35.5. The zero-order valence-electron chi connectivity index (χ0n) is 26.5. The molecule has 11 heteroatoms. The summed E-state index contributed by atoms with van der Waals surface area (Å²) in [6.07, 6.45) is 8.64. The first-order valence-corrected chi connectivity index (χ1v) is 18.9. The van der Waals surface area contributed by atoms with E-state index in [2.05, 4.69) is 9.62 Å². The SMILES string of the molecule is Cc1nc([C@]2(O)/C=C/C[C@H](C)[C@@H](C)S(=O)(=O)NC(=O)c3ccc4c(c3)N(CCCCc3cc(Cl)ccc3CO4)C[C@@H]3CC[C@H]32)cs1. The van der Waals surface area contributed by atoms with E-state index in [0.717, 1.165) is 53.9 Å². The van der Waals surface area contributed by atoms with Crippen LogP contribution in [0.4, 0.5) is 5.69 Å². The molecule has 46 heavy (non-hydrogen) atoms. The number of allylic oxidation sites excluding steroid dienone is 1. The van der Waals surface area contributed by atoms with Gasteiger partial charge in [0.1, 0.15) is 18.0 Å². The Labute approximate surface area is 280 Å². The zero-order valence-corrected chi connectivity index (χ0v) is 28.9. The highest BCUT2D eigenvalue weighted by molar-refractivity contribution is 7.90. The minimum absolute atomic E-state index is 0.0740. The lowest BCUT2D eigenvalue weighted by molar-refractivity contribution is -0.0524. The number of benzene rings is 2. The molecular weight excluding hydrogens is 642 g/mol. The molecule has 2 N–H and O–H groups in total. The number of nitrogens with zero attached hydrogens (tertiary/aromatic N) is 2. The summed E-state index contributed by atoms with van der Waals surface area (Å²) in [7, 11) is -3.98. The number of sulfonamides is 1. The molecule has 1 saturated carbocycles. The van der Waals surface area contributed by atoms with E-state index in [4.69, 9.17) is 21.3 Å². The average Bonchev–Trinajstić information content (AvgIpc) is 3.44. The molecule has 2 aromatic carbocycles. The molecule has 0 radical (unpaired) electrons. The van der Waals surface area contributed by atoms with Crippen molar-refractivity contribution in [3.05, 3.63) is 86.3 Å². The van der Waals surface area contributed by atoms with Gasteiger partial charge in [0, 0.05) is 35.0 Å². The van der Waals surface area contributed by atoms with Crippen molar-refractivity contribution in [2.24, 2.45) is 17.8 Å². The Morgan fingerprint density at radius 2 is 1.96 bits per heavy atom. The number of aliphatic hydroxyl groups is 1. The summed E-state index contributed by atoms with van der Waals surface area (Å²) in [5.74, 6) is -0.259. The van der Waals surface area contributed by atoms with Crippen LogP contribution in [0, 0.1) is 24.7 Å². The van der Waals surface area contributed by atoms with Crippen LogP contribution >= 0.6 is 22.9 Å². The molecule has 1 aromatic heterocycles. The molecular formula is C35H42ClN3O5S2. The molecule has 246 valence electrons. The van der Waals surface area contributed by atoms with Crippen molar-refractivity contribution in [1.82, 2.24) is 9.71 Å². The van der Waals surface area contributed by atoms with E-state index in [0.29, 0.717) is 42.6 Å². The van der Waals surface area contributed by atoms with Crippen molar-refractivity contribution in [3.63, 3.8) is 0 Å². The molecule has 3 aromatic rings. The first-order chi connectivity index (χ1) is 21.9. The van der Waals surface area contributed by atoms with Gasteiger partial charge in [-0.15, -0.1) is 11.3 Å². The van der Waals surface area contributed by atoms with Gasteiger partial charge in [0.25, 0.3) is 5.91 Å². The average molecular weight is 684 g/mol. The summed E-state index contributed by atoms with van der Waals surface area (Å²) in [4.78, 5) is 20.4. The minimum atomic E-state index is -3.98. The van der Waals surface area contributed by atoms with Crippen LogP contribution in [0.15, 0.2) is 53.9 Å². The number of fused-ring (bicyclic) bond motifs is 3. The number of carbonyl (C=O) groups is 1. The van der Waals surface area contributed by atoms with Crippen LogP contribution in [-0.2, 0) is 28.7 Å². The summed E-state index contributed by atoms with van der Waals surface area (Å²) >= 11 is 7.86. The van der Waals surface area contributed by atoms with E-state index in [1.54, 1.807) is 25.1 Å². The molecule has 3 heterocycles. The maximum atomic E-state index is 13.4. The number of amides is 1. The second-order valence-electron chi connectivity index (χ2n) is 13.1. The third-order valence-electron chi connectivity index (χ3n) is 10.1. The van der Waals surface area contributed by atoms with E-state index < -0.39 is 26.8 Å². The maximum Gasteiger partial charge on any atom is 0.264 e. The minimum Gasteiger partial charge on any atom is -0.487 e. The summed E-state index contributed by atoms with van der Waals surface area (Å²) in [5.41, 5.74) is 2.57.